The van der Waals surface area contributed by atoms with Crippen molar-refractivity contribution in [1.82, 2.24) is 19.7 Å². The number of ether oxygens (including phenoxy) is 1. The Labute approximate surface area is 202 Å². The van der Waals surface area contributed by atoms with E-state index >= 15 is 0 Å². The fraction of sp³-hybridized carbons (Fsp3) is 0.217. The molecule has 5 rings (SSSR count). The highest BCUT2D eigenvalue weighted by molar-refractivity contribution is 9.10. The number of thiazole rings is 1. The number of halogens is 1. The summed E-state index contributed by atoms with van der Waals surface area (Å²) >= 11 is 5.14. The number of aryl methyl sites for hydroxylation is 1. The SMILES string of the molecule is COCc1cccc(-n2nc(-c3cccnc3)c3c2-c2sc(NC(=O)CO)nc2CC3)c1Br. The summed E-state index contributed by atoms with van der Waals surface area (Å²) in [4.78, 5) is 21.6. The quantitative estimate of drug-likeness (QED) is 0.394. The molecule has 1 aliphatic rings. The van der Waals surface area contributed by atoms with E-state index < -0.39 is 12.5 Å². The van der Waals surface area contributed by atoms with Crippen molar-refractivity contribution in [2.75, 3.05) is 19.0 Å². The summed E-state index contributed by atoms with van der Waals surface area (Å²) in [6.45, 7) is -0.117. The molecule has 0 radical (unpaired) electrons. The van der Waals surface area contributed by atoms with Crippen molar-refractivity contribution in [2.24, 2.45) is 0 Å². The van der Waals surface area contributed by atoms with Crippen LogP contribution in [0.5, 0.6) is 0 Å². The van der Waals surface area contributed by atoms with Gasteiger partial charge in [0.15, 0.2) is 5.13 Å². The van der Waals surface area contributed by atoms with Gasteiger partial charge in [-0.05, 0) is 52.5 Å². The maximum absolute atomic E-state index is 11.7. The van der Waals surface area contributed by atoms with E-state index in [-0.39, 0.29) is 0 Å². The number of rotatable bonds is 6. The lowest BCUT2D eigenvalue weighted by molar-refractivity contribution is -0.118. The maximum Gasteiger partial charge on any atom is 0.251 e. The highest BCUT2D eigenvalue weighted by Crippen LogP contribution is 2.44. The number of aromatic nitrogens is 4. The van der Waals surface area contributed by atoms with E-state index in [1.54, 1.807) is 13.3 Å². The van der Waals surface area contributed by atoms with E-state index in [4.69, 9.17) is 14.9 Å². The van der Waals surface area contributed by atoms with Crippen LogP contribution in [0.4, 0.5) is 5.13 Å². The molecule has 0 saturated carbocycles. The molecule has 0 aliphatic heterocycles. The molecule has 3 heterocycles. The molecule has 10 heteroatoms. The minimum atomic E-state index is -0.585. The average Bonchev–Trinajstić information content (AvgIpc) is 3.42. The number of amides is 1. The second kappa shape index (κ2) is 9.14. The van der Waals surface area contributed by atoms with Crippen molar-refractivity contribution >= 4 is 38.3 Å². The number of nitrogens with one attached hydrogen (secondary N) is 1. The van der Waals surface area contributed by atoms with E-state index in [1.165, 1.54) is 11.3 Å². The molecule has 0 saturated heterocycles. The summed E-state index contributed by atoms with van der Waals surface area (Å²) in [7, 11) is 1.67. The second-order valence-corrected chi connectivity index (χ2v) is 9.31. The topological polar surface area (TPSA) is 102 Å². The number of benzene rings is 1. The summed E-state index contributed by atoms with van der Waals surface area (Å²) in [5, 5.41) is 17.3. The zero-order valence-electron chi connectivity index (χ0n) is 17.7. The van der Waals surface area contributed by atoms with E-state index in [0.29, 0.717) is 11.7 Å². The van der Waals surface area contributed by atoms with Gasteiger partial charge in [0.1, 0.15) is 6.61 Å². The van der Waals surface area contributed by atoms with E-state index in [0.717, 1.165) is 61.7 Å². The van der Waals surface area contributed by atoms with Crippen molar-refractivity contribution in [1.29, 1.82) is 0 Å². The zero-order valence-corrected chi connectivity index (χ0v) is 20.1. The van der Waals surface area contributed by atoms with E-state index in [1.807, 2.05) is 41.2 Å². The first kappa shape index (κ1) is 21.9. The lowest BCUT2D eigenvalue weighted by Gasteiger charge is -2.16. The van der Waals surface area contributed by atoms with Gasteiger partial charge in [-0.25, -0.2) is 9.67 Å². The standard InChI is InChI=1S/C23H20BrN5O3S/c1-32-12-14-4-2-6-17(19(14)24)29-21-15(20(28-29)13-5-3-9-25-10-13)7-8-16-22(21)33-23(26-16)27-18(31)11-30/h2-6,9-10,30H,7-8,11-12H2,1H3,(H,26,27,31). The van der Waals surface area contributed by atoms with Crippen LogP contribution in [0.1, 0.15) is 16.8 Å². The molecular weight excluding hydrogens is 506 g/mol. The molecule has 1 aromatic carbocycles. The molecule has 8 nitrogen and oxygen atoms in total. The first-order valence-corrected chi connectivity index (χ1v) is 11.9. The number of methoxy groups -OCH3 is 1. The largest absolute Gasteiger partial charge is 0.387 e. The molecule has 1 amide bonds. The van der Waals surface area contributed by atoms with Gasteiger partial charge in [0.25, 0.3) is 5.91 Å². The molecule has 0 fully saturated rings. The van der Waals surface area contributed by atoms with Crippen LogP contribution in [0.3, 0.4) is 0 Å². The lowest BCUT2D eigenvalue weighted by Crippen LogP contribution is -2.15. The Balaban J connectivity index is 1.73. The van der Waals surface area contributed by atoms with E-state index in [2.05, 4.69) is 31.2 Å². The maximum atomic E-state index is 11.7. The Bertz CT molecular complexity index is 1340. The molecule has 168 valence electrons. The first-order chi connectivity index (χ1) is 16.1. The summed E-state index contributed by atoms with van der Waals surface area (Å²) in [5.41, 5.74) is 6.69. The molecule has 3 aromatic heterocycles. The van der Waals surface area contributed by atoms with Crippen molar-refractivity contribution in [2.45, 2.75) is 19.4 Å². The van der Waals surface area contributed by atoms with Gasteiger partial charge in [-0.2, -0.15) is 5.10 Å². The Kier molecular flexibility index (Phi) is 6.07. The average molecular weight is 526 g/mol. The van der Waals surface area contributed by atoms with Gasteiger partial charge in [-0.3, -0.25) is 15.1 Å². The van der Waals surface area contributed by atoms with Crippen LogP contribution in [-0.4, -0.2) is 44.5 Å². The Morgan fingerprint density at radius 2 is 2.18 bits per heavy atom. The van der Waals surface area contributed by atoms with Crippen LogP contribution >= 0.6 is 27.3 Å². The summed E-state index contributed by atoms with van der Waals surface area (Å²) in [6.07, 6.45) is 5.06. The predicted molar refractivity (Wildman–Crippen MR) is 129 cm³/mol. The van der Waals surface area contributed by atoms with Gasteiger partial charge >= 0.3 is 0 Å². The van der Waals surface area contributed by atoms with Gasteiger partial charge in [0.05, 0.1) is 34.3 Å². The predicted octanol–water partition coefficient (Wildman–Crippen LogP) is 4.00. The summed E-state index contributed by atoms with van der Waals surface area (Å²) < 4.78 is 8.20. The lowest BCUT2D eigenvalue weighted by atomic mass is 9.95. The van der Waals surface area contributed by atoms with Crippen LogP contribution in [0.2, 0.25) is 0 Å². The highest BCUT2D eigenvalue weighted by atomic mass is 79.9. The third-order valence-electron chi connectivity index (χ3n) is 5.42. The number of nitrogens with zero attached hydrogens (tertiary/aromatic N) is 4. The molecule has 0 spiro atoms. The molecule has 0 unspecified atom stereocenters. The van der Waals surface area contributed by atoms with Gasteiger partial charge in [0, 0.05) is 35.1 Å². The fourth-order valence-corrected chi connectivity index (χ4v) is 5.62. The van der Waals surface area contributed by atoms with Crippen molar-refractivity contribution in [3.8, 4) is 27.5 Å². The molecular formula is C23H20BrN5O3S. The minimum absolute atomic E-state index is 0.467. The fourth-order valence-electron chi connectivity index (χ4n) is 3.99. The first-order valence-electron chi connectivity index (χ1n) is 10.3. The number of carbonyl (C=O) groups excluding carboxylic acids is 1. The number of pyridine rings is 1. The number of aliphatic hydroxyl groups is 1. The monoisotopic (exact) mass is 525 g/mol. The number of hydrogen-bond donors (Lipinski definition) is 2. The molecule has 0 atom stereocenters. The van der Waals surface area contributed by atoms with Crippen LogP contribution in [0, 0.1) is 0 Å². The van der Waals surface area contributed by atoms with Gasteiger partial charge in [0.2, 0.25) is 0 Å². The van der Waals surface area contributed by atoms with E-state index in [9.17, 15) is 4.79 Å². The molecule has 0 bridgehead atoms. The van der Waals surface area contributed by atoms with Gasteiger partial charge < -0.3 is 9.84 Å². The van der Waals surface area contributed by atoms with Crippen LogP contribution in [0.25, 0.3) is 27.5 Å². The number of anilines is 1. The molecule has 2 N–H and O–H groups in total. The number of hydrogen-bond acceptors (Lipinski definition) is 7. The highest BCUT2D eigenvalue weighted by Gasteiger charge is 2.30. The summed E-state index contributed by atoms with van der Waals surface area (Å²) in [5.74, 6) is -0.485. The van der Waals surface area contributed by atoms with Crippen LogP contribution in [0.15, 0.2) is 47.2 Å². The number of carbonyl (C=O) groups is 1. The summed E-state index contributed by atoms with van der Waals surface area (Å²) in [6, 6.07) is 9.91. The molecule has 33 heavy (non-hydrogen) atoms. The number of aliphatic hydroxyl groups excluding tert-OH is 1. The van der Waals surface area contributed by atoms with Crippen LogP contribution < -0.4 is 5.32 Å². The normalized spacial score (nSPS) is 12.3. The Hall–Kier alpha value is -2.92. The van der Waals surface area contributed by atoms with Crippen molar-refractivity contribution < 1.29 is 14.6 Å². The van der Waals surface area contributed by atoms with Crippen LogP contribution in [-0.2, 0) is 29.0 Å². The Morgan fingerprint density at radius 3 is 2.94 bits per heavy atom. The smallest absolute Gasteiger partial charge is 0.251 e. The molecule has 1 aliphatic carbocycles. The van der Waals surface area contributed by atoms with Crippen molar-refractivity contribution in [3.05, 3.63) is 64.0 Å². The Morgan fingerprint density at radius 1 is 1.30 bits per heavy atom. The third-order valence-corrected chi connectivity index (χ3v) is 7.35. The molecule has 4 aromatic rings. The van der Waals surface area contributed by atoms with Gasteiger partial charge in [-0.1, -0.05) is 23.5 Å². The third kappa shape index (κ3) is 3.99. The minimum Gasteiger partial charge on any atom is -0.387 e. The van der Waals surface area contributed by atoms with Crippen molar-refractivity contribution in [3.63, 3.8) is 0 Å². The second-order valence-electron chi connectivity index (χ2n) is 7.51. The zero-order chi connectivity index (χ0) is 22.9. The van der Waals surface area contributed by atoms with Gasteiger partial charge in [-0.15, -0.1) is 0 Å². The number of fused-ring (bicyclic) bond motifs is 3.